The fraction of sp³-hybridized carbons (Fsp3) is 0.356. The molecule has 0 saturated heterocycles. The molecule has 2 N–H and O–H groups in total. The molecular weight excluding hydrogens is 1480 g/mol. The van der Waals surface area contributed by atoms with Gasteiger partial charge in [-0.1, -0.05) is 49.9 Å². The van der Waals surface area contributed by atoms with Crippen LogP contribution in [0.5, 0.6) is 46.0 Å². The van der Waals surface area contributed by atoms with E-state index in [1.165, 1.54) is 12.5 Å². The maximum Gasteiger partial charge on any atom is 0.500 e. The fourth-order valence-electron chi connectivity index (χ4n) is 18.3. The van der Waals surface area contributed by atoms with E-state index in [2.05, 4.69) is 10.6 Å². The largest absolute Gasteiger partial charge is 0.500 e. The van der Waals surface area contributed by atoms with E-state index >= 15 is 28.8 Å². The van der Waals surface area contributed by atoms with Gasteiger partial charge >= 0.3 is 17.6 Å². The van der Waals surface area contributed by atoms with Crippen molar-refractivity contribution in [3.63, 3.8) is 0 Å². The van der Waals surface area contributed by atoms with E-state index in [4.69, 9.17) is 54.3 Å². The first-order chi connectivity index (χ1) is 54.8. The first kappa shape index (κ1) is 78.7. The van der Waals surface area contributed by atoms with Crippen LogP contribution in [0.4, 0.5) is 0 Å². The van der Waals surface area contributed by atoms with Crippen LogP contribution in [-0.4, -0.2) is 130 Å². The van der Waals surface area contributed by atoms with Gasteiger partial charge in [0.05, 0.1) is 34.8 Å². The van der Waals surface area contributed by atoms with E-state index in [1.54, 1.807) is 91.2 Å². The molecule has 6 amide bonds. The maximum absolute atomic E-state index is 16.8. The molecule has 11 aromatic rings. The van der Waals surface area contributed by atoms with Crippen molar-refractivity contribution in [2.75, 3.05) is 42.7 Å². The molecule has 24 heteroatoms. The molecule has 2 fully saturated rings. The van der Waals surface area contributed by atoms with Gasteiger partial charge in [-0.15, -0.1) is 0 Å². The summed E-state index contributed by atoms with van der Waals surface area (Å²) in [5.74, 6) is -1.73. The van der Waals surface area contributed by atoms with Gasteiger partial charge in [0.25, 0.3) is 23.6 Å². The standard InChI is InChI=1S/C90H96N4O18Si2/c1-49-27-50(2)32-63(31-49)109-73-43-67-77-68(88(98)93(87(67)97)71(41-61-23-17-25-107-61)85(95)91-59-21-15-19-57(39-59)47-113(101-9,102-10)103-11)45-75(111-65-35-53(5)29-54(6)36-65)81-82-76(112-66-37-55(7)30-56(8)38-66)46-70-78-69(44-74(80(84(78)82)79(73)83(77)81)110-64-33-51(3)28-52(4)34-64)89(99)94(90(70)100)72(42-62-24-18-26-108-62)86(96)92-60-22-16-20-58(40-60)48-114(104-12,105-13)106-14/h17-18,23-38,43-46,57-60,71-72H,15-16,19-22,39-42,47-48H2,1-14H3,(H,91,95)(H,92,96). The van der Waals surface area contributed by atoms with Crippen LogP contribution in [0.25, 0.3) is 43.1 Å². The number of hydrogen-bond acceptors (Lipinski definition) is 18. The average Bonchev–Trinajstić information content (AvgIpc) is 0.699. The van der Waals surface area contributed by atoms with Gasteiger partial charge < -0.3 is 65.0 Å². The number of carbonyl (C=O) groups is 6. The number of hydrogen-bond donors (Lipinski definition) is 2. The Labute approximate surface area is 664 Å². The van der Waals surface area contributed by atoms with E-state index < -0.39 is 65.1 Å². The van der Waals surface area contributed by atoms with Crippen LogP contribution in [-0.2, 0) is 49.0 Å². The van der Waals surface area contributed by atoms with Crippen molar-refractivity contribution < 1.29 is 83.1 Å². The van der Waals surface area contributed by atoms with Crippen LogP contribution < -0.4 is 29.6 Å². The summed E-state index contributed by atoms with van der Waals surface area (Å²) in [4.78, 5) is 101. The lowest BCUT2D eigenvalue weighted by atomic mass is 9.80. The number of fused-ring (bicyclic) bond motifs is 2. The molecular formula is C90H96N4O18Si2. The average molecular weight is 1580 g/mol. The molecule has 2 aliphatic heterocycles. The van der Waals surface area contributed by atoms with Gasteiger partial charge in [-0.25, -0.2) is 0 Å². The molecule has 2 aliphatic carbocycles. The van der Waals surface area contributed by atoms with Crippen molar-refractivity contribution in [2.45, 2.75) is 156 Å². The number of ether oxygens (including phenoxy) is 4. The Kier molecular flexibility index (Phi) is 22.1. The zero-order valence-corrected chi connectivity index (χ0v) is 68.9. The molecule has 2 saturated carbocycles. The van der Waals surface area contributed by atoms with Gasteiger partial charge in [-0.2, -0.15) is 0 Å². The van der Waals surface area contributed by atoms with Crippen LogP contribution in [0.2, 0.25) is 12.1 Å². The summed E-state index contributed by atoms with van der Waals surface area (Å²) in [6.45, 7) is 15.6. The topological polar surface area (TPSA) is 252 Å². The van der Waals surface area contributed by atoms with Crippen LogP contribution >= 0.6 is 0 Å². The zero-order valence-electron chi connectivity index (χ0n) is 66.9. The number of amides is 6. The number of nitrogens with one attached hydrogen (secondary N) is 2. The number of imide groups is 2. The lowest BCUT2D eigenvalue weighted by Crippen LogP contribution is -2.56. The Hall–Kier alpha value is -10.5. The third kappa shape index (κ3) is 15.2. The predicted octanol–water partition coefficient (Wildman–Crippen LogP) is 18.1. The van der Waals surface area contributed by atoms with Gasteiger partial charge in [0.2, 0.25) is 11.8 Å². The first-order valence-corrected chi connectivity index (χ1v) is 42.8. The highest BCUT2D eigenvalue weighted by molar-refractivity contribution is 6.61. The molecule has 4 heterocycles. The van der Waals surface area contributed by atoms with Gasteiger partial charge in [-0.3, -0.25) is 38.6 Å². The quantitative estimate of drug-likeness (QED) is 0.0200. The van der Waals surface area contributed by atoms with Gasteiger partial charge in [0.1, 0.15) is 69.6 Å². The predicted molar refractivity (Wildman–Crippen MR) is 436 cm³/mol. The highest BCUT2D eigenvalue weighted by Gasteiger charge is 2.49. The minimum atomic E-state index is -3.05. The van der Waals surface area contributed by atoms with Gasteiger partial charge in [-0.05, 0) is 234 Å². The smallest absolute Gasteiger partial charge is 0.469 e. The summed E-state index contributed by atoms with van der Waals surface area (Å²) in [6, 6.07) is 33.6. The third-order valence-electron chi connectivity index (χ3n) is 23.0. The van der Waals surface area contributed by atoms with Crippen LogP contribution in [0, 0.1) is 67.2 Å². The Morgan fingerprint density at radius 1 is 0.386 bits per heavy atom. The Morgan fingerprint density at radius 2 is 0.658 bits per heavy atom. The number of benzene rings is 9. The van der Waals surface area contributed by atoms with Crippen molar-refractivity contribution in [3.05, 3.63) is 212 Å². The summed E-state index contributed by atoms with van der Waals surface area (Å²) in [5, 5.41) is 8.72. The lowest BCUT2D eigenvalue weighted by Gasteiger charge is -2.37. The van der Waals surface area contributed by atoms with Crippen LogP contribution in [0.15, 0.2) is 143 Å². The van der Waals surface area contributed by atoms with E-state index in [0.29, 0.717) is 93.8 Å². The monoisotopic (exact) mass is 1580 g/mol. The van der Waals surface area contributed by atoms with Crippen molar-refractivity contribution in [1.82, 2.24) is 20.4 Å². The van der Waals surface area contributed by atoms with E-state index in [-0.39, 0.29) is 104 Å². The number of nitrogens with zero attached hydrogens (tertiary/aromatic N) is 2. The Balaban J connectivity index is 1.01. The molecule has 0 bridgehead atoms. The van der Waals surface area contributed by atoms with Crippen molar-refractivity contribution in [1.29, 1.82) is 0 Å². The highest BCUT2D eigenvalue weighted by atomic mass is 28.4. The second-order valence-electron chi connectivity index (χ2n) is 31.4. The normalized spacial score (nSPS) is 17.8. The SMILES string of the molecule is CO[Si](CC1CCCC(NC(=O)C(Cc2ccco2)N2C(=O)c3cc(Oc4cc(C)cc(C)c4)c4c5c(Oc6cc(C)cc(C)c6)cc6c7c(cc(Oc8cc(C)cc(C)c8)c(c8c(Oc9cc(C)cc(C)c9)cc(c3c48)C2=O)c75)C(=O)N(C(Cc2ccco2)C(=O)NC2CCCC(C[Si](OC)(OC)OC)C2)C6=O)C1)(OC)OC. The first-order valence-electron chi connectivity index (χ1n) is 38.9. The molecule has 15 rings (SSSR count). The van der Waals surface area contributed by atoms with E-state index in [9.17, 15) is 0 Å². The lowest BCUT2D eigenvalue weighted by molar-refractivity contribution is -0.126. The van der Waals surface area contributed by atoms with E-state index in [0.717, 1.165) is 80.0 Å². The molecule has 4 aliphatic rings. The van der Waals surface area contributed by atoms with E-state index in [1.807, 2.05) is 128 Å². The number of aryl methyl sites for hydroxylation is 8. The molecule has 9 aromatic carbocycles. The van der Waals surface area contributed by atoms with Crippen LogP contribution in [0.1, 0.15) is 149 Å². The molecule has 22 nitrogen and oxygen atoms in total. The van der Waals surface area contributed by atoms with Crippen molar-refractivity contribution in [2.24, 2.45) is 11.8 Å². The molecule has 2 aromatic heterocycles. The summed E-state index contributed by atoms with van der Waals surface area (Å²) in [6.07, 6.45) is 8.14. The van der Waals surface area contributed by atoms with Crippen LogP contribution in [0.3, 0.4) is 0 Å². The molecule has 592 valence electrons. The summed E-state index contributed by atoms with van der Waals surface area (Å²) in [5.41, 5.74) is 6.87. The number of rotatable bonds is 28. The minimum Gasteiger partial charge on any atom is -0.469 e. The second kappa shape index (κ2) is 32.0. The second-order valence-corrected chi connectivity index (χ2v) is 37.4. The van der Waals surface area contributed by atoms with Gasteiger partial charge in [0, 0.05) is 123 Å². The number of carbonyl (C=O) groups excluding carboxylic acids is 6. The molecule has 6 unspecified atom stereocenters. The summed E-state index contributed by atoms with van der Waals surface area (Å²) >= 11 is 0. The zero-order chi connectivity index (χ0) is 80.3. The summed E-state index contributed by atoms with van der Waals surface area (Å²) < 4.78 is 77.0. The molecule has 0 spiro atoms. The van der Waals surface area contributed by atoms with Gasteiger partial charge in [0.15, 0.2) is 0 Å². The Morgan fingerprint density at radius 3 is 0.904 bits per heavy atom. The molecule has 6 atom stereocenters. The fourth-order valence-corrected chi connectivity index (χ4v) is 22.4. The molecule has 0 radical (unpaired) electrons. The van der Waals surface area contributed by atoms with Crippen molar-refractivity contribution in [3.8, 4) is 46.0 Å². The third-order valence-corrected chi connectivity index (χ3v) is 28.9. The Bertz CT molecular complexity index is 4920. The summed E-state index contributed by atoms with van der Waals surface area (Å²) in [7, 11) is 3.38. The maximum atomic E-state index is 16.8. The highest BCUT2D eigenvalue weighted by Crippen LogP contribution is 2.59. The number of furan rings is 2. The minimum absolute atomic E-state index is 0.0000119. The van der Waals surface area contributed by atoms with Crippen molar-refractivity contribution >= 4 is 96.1 Å². The molecule has 114 heavy (non-hydrogen) atoms.